The maximum absolute atomic E-state index is 11.5. The van der Waals surface area contributed by atoms with Crippen molar-refractivity contribution in [3.63, 3.8) is 0 Å². The first-order valence-electron chi connectivity index (χ1n) is 4.79. The molecule has 1 aromatic rings. The van der Waals surface area contributed by atoms with Crippen molar-refractivity contribution in [1.82, 2.24) is 4.98 Å². The second kappa shape index (κ2) is 5.83. The van der Waals surface area contributed by atoms with Crippen LogP contribution in [0, 0.1) is 0 Å². The topological polar surface area (TPSA) is 74.7 Å². The summed E-state index contributed by atoms with van der Waals surface area (Å²) in [4.78, 5) is 26.9. The summed E-state index contributed by atoms with van der Waals surface area (Å²) >= 11 is 0. The number of esters is 2. The number of aromatic nitrogens is 1. The lowest BCUT2D eigenvalue weighted by molar-refractivity contribution is -0.154. The molecule has 0 saturated heterocycles. The van der Waals surface area contributed by atoms with Crippen molar-refractivity contribution in [2.24, 2.45) is 0 Å². The molecule has 0 aliphatic heterocycles. The first-order valence-corrected chi connectivity index (χ1v) is 4.79. The summed E-state index contributed by atoms with van der Waals surface area (Å²) in [5.41, 5.74) is 0.393. The fourth-order valence-corrected chi connectivity index (χ4v) is 1.29. The second-order valence-electron chi connectivity index (χ2n) is 3.11. The smallest absolute Gasteiger partial charge is 0.324 e. The number of hydrogen-bond acceptors (Lipinski definition) is 6. The maximum Gasteiger partial charge on any atom is 0.324 e. The number of ether oxygens (including phenoxy) is 3. The number of pyridine rings is 1. The van der Waals surface area contributed by atoms with Crippen LogP contribution >= 0.6 is 0 Å². The van der Waals surface area contributed by atoms with Gasteiger partial charge in [0.2, 0.25) is 5.88 Å². The lowest BCUT2D eigenvalue weighted by Gasteiger charge is -2.12. The molecule has 0 atom stereocenters. The Labute approximate surface area is 98.5 Å². The molecular weight excluding hydrogens is 226 g/mol. The van der Waals surface area contributed by atoms with E-state index in [0.29, 0.717) is 11.4 Å². The van der Waals surface area contributed by atoms with Crippen LogP contribution in [0.4, 0.5) is 0 Å². The van der Waals surface area contributed by atoms with Crippen molar-refractivity contribution in [2.45, 2.75) is 5.92 Å². The van der Waals surface area contributed by atoms with Gasteiger partial charge < -0.3 is 14.2 Å². The molecule has 1 rings (SSSR count). The summed E-state index contributed by atoms with van der Waals surface area (Å²) in [6.07, 6.45) is 1.37. The molecule has 0 saturated carbocycles. The van der Waals surface area contributed by atoms with Crippen LogP contribution in [0.15, 0.2) is 18.3 Å². The summed E-state index contributed by atoms with van der Waals surface area (Å²) < 4.78 is 14.0. The van der Waals surface area contributed by atoms with Crippen LogP contribution in [0.3, 0.4) is 0 Å². The molecule has 0 aliphatic carbocycles. The molecule has 0 radical (unpaired) electrons. The van der Waals surface area contributed by atoms with Crippen molar-refractivity contribution in [2.75, 3.05) is 21.3 Å². The SMILES string of the molecule is COC(=O)C(C(=O)OC)c1ccc(OC)nc1. The van der Waals surface area contributed by atoms with Crippen LogP contribution in [0.5, 0.6) is 5.88 Å². The van der Waals surface area contributed by atoms with Gasteiger partial charge in [0, 0.05) is 12.3 Å². The summed E-state index contributed by atoms with van der Waals surface area (Å²) in [6.45, 7) is 0. The first-order chi connectivity index (χ1) is 8.13. The third-order valence-corrected chi connectivity index (χ3v) is 2.18. The third-order valence-electron chi connectivity index (χ3n) is 2.18. The molecule has 1 aromatic heterocycles. The minimum Gasteiger partial charge on any atom is -0.481 e. The Kier molecular flexibility index (Phi) is 4.45. The molecule has 0 spiro atoms. The Hall–Kier alpha value is -2.11. The molecule has 92 valence electrons. The van der Waals surface area contributed by atoms with Crippen LogP contribution in [0.2, 0.25) is 0 Å². The van der Waals surface area contributed by atoms with Gasteiger partial charge in [-0.1, -0.05) is 6.07 Å². The molecule has 6 heteroatoms. The van der Waals surface area contributed by atoms with E-state index in [1.54, 1.807) is 12.1 Å². The van der Waals surface area contributed by atoms with Crippen LogP contribution in [0.25, 0.3) is 0 Å². The van der Waals surface area contributed by atoms with Crippen molar-refractivity contribution < 1.29 is 23.8 Å². The van der Waals surface area contributed by atoms with Crippen LogP contribution in [0.1, 0.15) is 11.5 Å². The van der Waals surface area contributed by atoms with Gasteiger partial charge in [-0.15, -0.1) is 0 Å². The number of carbonyl (C=O) groups is 2. The van der Waals surface area contributed by atoms with Gasteiger partial charge in [0.1, 0.15) is 0 Å². The Morgan fingerprint density at radius 1 is 1.12 bits per heavy atom. The normalized spacial score (nSPS) is 9.88. The van der Waals surface area contributed by atoms with Crippen LogP contribution in [-0.4, -0.2) is 38.3 Å². The van der Waals surface area contributed by atoms with E-state index < -0.39 is 17.9 Å². The van der Waals surface area contributed by atoms with Gasteiger partial charge in [0.15, 0.2) is 5.92 Å². The van der Waals surface area contributed by atoms with E-state index in [1.165, 1.54) is 27.5 Å². The Morgan fingerprint density at radius 3 is 2.06 bits per heavy atom. The minimum atomic E-state index is -1.12. The summed E-state index contributed by atoms with van der Waals surface area (Å²) in [7, 11) is 3.88. The van der Waals surface area contributed by atoms with E-state index in [4.69, 9.17) is 4.74 Å². The van der Waals surface area contributed by atoms with Gasteiger partial charge in [-0.05, 0) is 5.56 Å². The van der Waals surface area contributed by atoms with E-state index in [9.17, 15) is 9.59 Å². The zero-order valence-electron chi connectivity index (χ0n) is 9.80. The van der Waals surface area contributed by atoms with E-state index in [0.717, 1.165) is 0 Å². The van der Waals surface area contributed by atoms with Crippen molar-refractivity contribution in [3.8, 4) is 5.88 Å². The molecule has 0 bridgehead atoms. The average Bonchev–Trinajstić information content (AvgIpc) is 2.39. The highest BCUT2D eigenvalue weighted by molar-refractivity contribution is 6.00. The third kappa shape index (κ3) is 2.93. The molecule has 17 heavy (non-hydrogen) atoms. The fraction of sp³-hybridized carbons (Fsp3) is 0.364. The zero-order chi connectivity index (χ0) is 12.8. The lowest BCUT2D eigenvalue weighted by Crippen LogP contribution is -2.24. The minimum absolute atomic E-state index is 0.391. The predicted molar refractivity (Wildman–Crippen MR) is 57.6 cm³/mol. The Balaban J connectivity index is 3.04. The van der Waals surface area contributed by atoms with E-state index in [2.05, 4.69) is 14.5 Å². The number of carbonyl (C=O) groups excluding carboxylic acids is 2. The van der Waals surface area contributed by atoms with Crippen molar-refractivity contribution in [1.29, 1.82) is 0 Å². The molecule has 0 aromatic carbocycles. The largest absolute Gasteiger partial charge is 0.481 e. The van der Waals surface area contributed by atoms with Crippen molar-refractivity contribution in [3.05, 3.63) is 23.9 Å². The molecule has 6 nitrogen and oxygen atoms in total. The van der Waals surface area contributed by atoms with Gasteiger partial charge in [0.05, 0.1) is 21.3 Å². The monoisotopic (exact) mass is 239 g/mol. The second-order valence-corrected chi connectivity index (χ2v) is 3.11. The van der Waals surface area contributed by atoms with Crippen molar-refractivity contribution >= 4 is 11.9 Å². The van der Waals surface area contributed by atoms with Crippen LogP contribution in [-0.2, 0) is 19.1 Å². The molecular formula is C11H13NO5. The van der Waals surface area contributed by atoms with Crippen LogP contribution < -0.4 is 4.74 Å². The summed E-state index contributed by atoms with van der Waals surface area (Å²) in [5, 5.41) is 0. The summed E-state index contributed by atoms with van der Waals surface area (Å²) in [6, 6.07) is 3.11. The Morgan fingerprint density at radius 2 is 1.71 bits per heavy atom. The number of hydrogen-bond donors (Lipinski definition) is 0. The summed E-state index contributed by atoms with van der Waals surface area (Å²) in [5.74, 6) is -2.11. The van der Waals surface area contributed by atoms with E-state index in [-0.39, 0.29) is 0 Å². The molecule has 0 N–H and O–H groups in total. The number of methoxy groups -OCH3 is 3. The van der Waals surface area contributed by atoms with E-state index >= 15 is 0 Å². The van der Waals surface area contributed by atoms with Gasteiger partial charge in [-0.25, -0.2) is 4.98 Å². The van der Waals surface area contributed by atoms with E-state index in [1.807, 2.05) is 0 Å². The molecule has 1 heterocycles. The first kappa shape index (κ1) is 13.0. The molecule has 0 amide bonds. The highest BCUT2D eigenvalue weighted by Crippen LogP contribution is 2.20. The highest BCUT2D eigenvalue weighted by Gasteiger charge is 2.30. The lowest BCUT2D eigenvalue weighted by atomic mass is 10.0. The van der Waals surface area contributed by atoms with Gasteiger partial charge in [-0.2, -0.15) is 0 Å². The maximum atomic E-state index is 11.5. The zero-order valence-corrected chi connectivity index (χ0v) is 9.80. The quantitative estimate of drug-likeness (QED) is 0.563. The number of nitrogens with zero attached hydrogens (tertiary/aromatic N) is 1. The van der Waals surface area contributed by atoms with Gasteiger partial charge in [0.25, 0.3) is 0 Å². The molecule has 0 aliphatic rings. The predicted octanol–water partition coefficient (Wildman–Crippen LogP) is 0.520. The Bertz CT molecular complexity index is 385. The average molecular weight is 239 g/mol. The fourth-order valence-electron chi connectivity index (χ4n) is 1.29. The molecule has 0 fully saturated rings. The number of rotatable bonds is 4. The van der Waals surface area contributed by atoms with Gasteiger partial charge in [-0.3, -0.25) is 9.59 Å². The highest BCUT2D eigenvalue weighted by atomic mass is 16.5. The van der Waals surface area contributed by atoms with Gasteiger partial charge >= 0.3 is 11.9 Å². The molecule has 0 unspecified atom stereocenters. The standard InChI is InChI=1S/C11H13NO5/c1-15-8-5-4-7(6-12-8)9(10(13)16-2)11(14)17-3/h4-6,9H,1-3H3.